The van der Waals surface area contributed by atoms with Gasteiger partial charge in [0.2, 0.25) is 0 Å². The molecule has 3 rings (SSSR count). The molecule has 1 aliphatic heterocycles. The van der Waals surface area contributed by atoms with Crippen molar-refractivity contribution in [1.82, 2.24) is 10.6 Å². The fourth-order valence-electron chi connectivity index (χ4n) is 2.89. The Hall–Kier alpha value is -3.85. The van der Waals surface area contributed by atoms with Gasteiger partial charge in [-0.25, -0.2) is 4.79 Å². The zero-order valence-electron chi connectivity index (χ0n) is 17.5. The minimum Gasteiger partial charge on any atom is -0.493 e. The molecule has 9 nitrogen and oxygen atoms in total. The van der Waals surface area contributed by atoms with E-state index in [1.54, 1.807) is 6.07 Å². The van der Waals surface area contributed by atoms with Crippen LogP contribution < -0.4 is 25.4 Å². The molecule has 0 aromatic heterocycles. The quantitative estimate of drug-likeness (QED) is 0.452. The molecule has 32 heavy (non-hydrogen) atoms. The Kier molecular flexibility index (Phi) is 6.79. The van der Waals surface area contributed by atoms with E-state index in [0.29, 0.717) is 11.3 Å². The first kappa shape index (κ1) is 22.8. The first-order valence-corrected chi connectivity index (χ1v) is 9.81. The number of methoxy groups -OCH3 is 1. The van der Waals surface area contributed by atoms with Gasteiger partial charge in [-0.3, -0.25) is 25.0 Å². The maximum atomic E-state index is 12.3. The smallest absolute Gasteiger partial charge is 0.328 e. The van der Waals surface area contributed by atoms with Crippen molar-refractivity contribution in [2.75, 3.05) is 19.0 Å². The topological polar surface area (TPSA) is 123 Å². The zero-order chi connectivity index (χ0) is 23.4. The average Bonchev–Trinajstić information content (AvgIpc) is 2.72. The van der Waals surface area contributed by atoms with E-state index in [1.165, 1.54) is 25.3 Å². The van der Waals surface area contributed by atoms with Crippen molar-refractivity contribution < 1.29 is 28.7 Å². The number of rotatable bonds is 6. The molecule has 0 spiro atoms. The second kappa shape index (κ2) is 9.52. The predicted molar refractivity (Wildman–Crippen MR) is 118 cm³/mol. The van der Waals surface area contributed by atoms with Crippen LogP contribution in [-0.4, -0.2) is 37.5 Å². The Morgan fingerprint density at radius 3 is 2.38 bits per heavy atom. The normalized spacial score (nSPS) is 13.2. The summed E-state index contributed by atoms with van der Waals surface area (Å²) in [6, 6.07) is 7.57. The van der Waals surface area contributed by atoms with Crippen molar-refractivity contribution in [1.29, 1.82) is 0 Å². The molecule has 0 bridgehead atoms. The summed E-state index contributed by atoms with van der Waals surface area (Å²) < 4.78 is 10.8. The molecule has 3 N–H and O–H groups in total. The lowest BCUT2D eigenvalue weighted by Crippen LogP contribution is -2.51. The summed E-state index contributed by atoms with van der Waals surface area (Å²) in [7, 11) is 1.38. The van der Waals surface area contributed by atoms with Gasteiger partial charge in [0.05, 0.1) is 12.1 Å². The second-order valence-corrected chi connectivity index (χ2v) is 7.37. The highest BCUT2D eigenvalue weighted by atomic mass is 35.5. The number of nitrogens with one attached hydrogen (secondary N) is 3. The lowest BCUT2D eigenvalue weighted by Gasteiger charge is -2.15. The number of aryl methyl sites for hydroxylation is 2. The lowest BCUT2D eigenvalue weighted by molar-refractivity contribution is -0.124. The third-order valence-electron chi connectivity index (χ3n) is 4.64. The van der Waals surface area contributed by atoms with Gasteiger partial charge in [0.25, 0.3) is 17.7 Å². The van der Waals surface area contributed by atoms with Gasteiger partial charge in [-0.1, -0.05) is 17.7 Å². The Balaban J connectivity index is 1.75. The van der Waals surface area contributed by atoms with Crippen LogP contribution in [0.2, 0.25) is 5.02 Å². The van der Waals surface area contributed by atoms with Crippen LogP contribution in [0.15, 0.2) is 35.9 Å². The summed E-state index contributed by atoms with van der Waals surface area (Å²) in [6.45, 7) is 3.60. The Labute approximate surface area is 188 Å². The maximum Gasteiger partial charge on any atom is 0.328 e. The van der Waals surface area contributed by atoms with Gasteiger partial charge in [-0.05, 0) is 60.9 Å². The minimum atomic E-state index is -0.893. The van der Waals surface area contributed by atoms with Gasteiger partial charge >= 0.3 is 6.03 Å². The van der Waals surface area contributed by atoms with E-state index in [9.17, 15) is 19.2 Å². The molecular formula is C22H20ClN3O6. The maximum absolute atomic E-state index is 12.3. The number of urea groups is 1. The Bertz CT molecular complexity index is 1140. The first-order valence-electron chi connectivity index (χ1n) is 9.43. The number of carbonyl (C=O) groups excluding carboxylic acids is 4. The second-order valence-electron chi connectivity index (χ2n) is 6.97. The van der Waals surface area contributed by atoms with Crippen LogP contribution in [0, 0.1) is 13.8 Å². The molecule has 2 aromatic carbocycles. The molecular weight excluding hydrogens is 438 g/mol. The van der Waals surface area contributed by atoms with Crippen LogP contribution >= 0.6 is 11.6 Å². The number of halogens is 1. The largest absolute Gasteiger partial charge is 0.493 e. The van der Waals surface area contributed by atoms with Crippen molar-refractivity contribution in [2.45, 2.75) is 13.8 Å². The van der Waals surface area contributed by atoms with Crippen LogP contribution in [-0.2, 0) is 14.4 Å². The fraction of sp³-hybridized carbons (Fsp3) is 0.182. The molecule has 10 heteroatoms. The molecule has 1 aliphatic rings. The first-order chi connectivity index (χ1) is 15.2. The predicted octanol–water partition coefficient (Wildman–Crippen LogP) is 2.73. The monoisotopic (exact) mass is 457 g/mol. The minimum absolute atomic E-state index is 0.0999. The van der Waals surface area contributed by atoms with Crippen LogP contribution in [0.4, 0.5) is 10.5 Å². The van der Waals surface area contributed by atoms with Gasteiger partial charge < -0.3 is 14.8 Å². The highest BCUT2D eigenvalue weighted by Gasteiger charge is 2.28. The van der Waals surface area contributed by atoms with E-state index in [-0.39, 0.29) is 28.7 Å². The number of anilines is 1. The van der Waals surface area contributed by atoms with E-state index >= 15 is 0 Å². The van der Waals surface area contributed by atoms with Crippen molar-refractivity contribution in [2.24, 2.45) is 0 Å². The van der Waals surface area contributed by atoms with Gasteiger partial charge in [0.1, 0.15) is 5.57 Å². The van der Waals surface area contributed by atoms with Crippen LogP contribution in [0.25, 0.3) is 6.08 Å². The summed E-state index contributed by atoms with van der Waals surface area (Å²) in [4.78, 5) is 47.2. The molecule has 0 radical (unpaired) electrons. The summed E-state index contributed by atoms with van der Waals surface area (Å²) >= 11 is 6.29. The molecule has 5 amide bonds. The summed E-state index contributed by atoms with van der Waals surface area (Å²) in [6.07, 6.45) is 1.25. The van der Waals surface area contributed by atoms with Crippen molar-refractivity contribution >= 4 is 47.1 Å². The standard InChI is InChI=1S/C22H20ClN3O6/c1-11-4-5-14(6-12(11)2)24-18(27)10-32-19-16(23)8-13(9-17(19)31-3)7-15-20(28)25-22(30)26-21(15)29/h4-9H,10H2,1-3H3,(H,24,27)(H2,25,26,28,29,30). The summed E-state index contributed by atoms with van der Waals surface area (Å²) in [5.41, 5.74) is 2.88. The van der Waals surface area contributed by atoms with E-state index in [2.05, 4.69) is 5.32 Å². The SMILES string of the molecule is COc1cc(C=C2C(=O)NC(=O)NC2=O)cc(Cl)c1OCC(=O)Nc1ccc(C)c(C)c1. The van der Waals surface area contributed by atoms with Crippen LogP contribution in [0.3, 0.4) is 0 Å². The van der Waals surface area contributed by atoms with Gasteiger partial charge in [-0.2, -0.15) is 0 Å². The van der Waals surface area contributed by atoms with Crippen LogP contribution in [0.1, 0.15) is 16.7 Å². The fourth-order valence-corrected chi connectivity index (χ4v) is 3.16. The molecule has 1 saturated heterocycles. The molecule has 0 atom stereocenters. The third-order valence-corrected chi connectivity index (χ3v) is 4.93. The third kappa shape index (κ3) is 5.25. The number of amides is 5. The molecule has 2 aromatic rings. The van der Waals surface area contributed by atoms with Crippen molar-refractivity contribution in [3.05, 3.63) is 57.6 Å². The van der Waals surface area contributed by atoms with E-state index in [0.717, 1.165) is 11.1 Å². The number of hydrogen-bond acceptors (Lipinski definition) is 6. The molecule has 166 valence electrons. The molecule has 0 saturated carbocycles. The van der Waals surface area contributed by atoms with E-state index in [1.807, 2.05) is 36.6 Å². The van der Waals surface area contributed by atoms with E-state index < -0.39 is 23.8 Å². The molecule has 0 aliphatic carbocycles. The Morgan fingerprint density at radius 2 is 1.75 bits per heavy atom. The number of barbiturate groups is 1. The van der Waals surface area contributed by atoms with Crippen LogP contribution in [0.5, 0.6) is 11.5 Å². The zero-order valence-corrected chi connectivity index (χ0v) is 18.3. The molecule has 1 heterocycles. The lowest BCUT2D eigenvalue weighted by atomic mass is 10.1. The number of imide groups is 2. The molecule has 1 fully saturated rings. The highest BCUT2D eigenvalue weighted by molar-refractivity contribution is 6.33. The van der Waals surface area contributed by atoms with E-state index in [4.69, 9.17) is 21.1 Å². The van der Waals surface area contributed by atoms with Crippen molar-refractivity contribution in [3.63, 3.8) is 0 Å². The summed E-state index contributed by atoms with van der Waals surface area (Å²) in [5.74, 6) is -1.75. The number of hydrogen-bond donors (Lipinski definition) is 3. The summed E-state index contributed by atoms with van der Waals surface area (Å²) in [5, 5.41) is 6.81. The number of benzene rings is 2. The Morgan fingerprint density at radius 1 is 1.06 bits per heavy atom. The van der Waals surface area contributed by atoms with Gasteiger partial charge in [0, 0.05) is 5.69 Å². The highest BCUT2D eigenvalue weighted by Crippen LogP contribution is 2.37. The van der Waals surface area contributed by atoms with Crippen molar-refractivity contribution in [3.8, 4) is 11.5 Å². The number of carbonyl (C=O) groups is 4. The molecule has 0 unspecified atom stereocenters. The number of ether oxygens (including phenoxy) is 2. The van der Waals surface area contributed by atoms with Gasteiger partial charge in [-0.15, -0.1) is 0 Å². The average molecular weight is 458 g/mol. The van der Waals surface area contributed by atoms with Gasteiger partial charge in [0.15, 0.2) is 18.1 Å².